The van der Waals surface area contributed by atoms with E-state index in [9.17, 15) is 13.2 Å². The fourth-order valence-corrected chi connectivity index (χ4v) is 4.36. The van der Waals surface area contributed by atoms with Crippen LogP contribution in [0.15, 0.2) is 65.6 Å². The van der Waals surface area contributed by atoms with Gasteiger partial charge in [0.25, 0.3) is 15.9 Å². The van der Waals surface area contributed by atoms with Gasteiger partial charge in [0, 0.05) is 16.9 Å². The van der Waals surface area contributed by atoms with Gasteiger partial charge in [-0.2, -0.15) is 0 Å². The number of carbonyl (C=O) groups is 1. The molecule has 0 aromatic heterocycles. The number of hydrogen-bond acceptors (Lipinski definition) is 5. The Balaban J connectivity index is 1.89. The zero-order valence-electron chi connectivity index (χ0n) is 17.7. The molecule has 3 aromatic rings. The molecule has 0 aliphatic heterocycles. The molecular formula is C23H24N2O5S. The molecule has 0 unspecified atom stereocenters. The van der Waals surface area contributed by atoms with E-state index in [1.54, 1.807) is 36.4 Å². The van der Waals surface area contributed by atoms with E-state index in [0.717, 1.165) is 11.1 Å². The van der Waals surface area contributed by atoms with Gasteiger partial charge in [-0.25, -0.2) is 8.42 Å². The van der Waals surface area contributed by atoms with Crippen molar-refractivity contribution in [2.24, 2.45) is 0 Å². The van der Waals surface area contributed by atoms with E-state index >= 15 is 0 Å². The molecule has 0 saturated carbocycles. The van der Waals surface area contributed by atoms with Gasteiger partial charge >= 0.3 is 0 Å². The topological polar surface area (TPSA) is 93.7 Å². The Labute approximate surface area is 182 Å². The predicted molar refractivity (Wildman–Crippen MR) is 121 cm³/mol. The minimum Gasteiger partial charge on any atom is -0.497 e. The highest BCUT2D eigenvalue weighted by Gasteiger charge is 2.21. The van der Waals surface area contributed by atoms with Crippen LogP contribution in [0.25, 0.3) is 0 Å². The monoisotopic (exact) mass is 440 g/mol. The Morgan fingerprint density at radius 1 is 0.839 bits per heavy atom. The van der Waals surface area contributed by atoms with Crippen LogP contribution in [0.2, 0.25) is 0 Å². The molecule has 0 fully saturated rings. The van der Waals surface area contributed by atoms with Gasteiger partial charge < -0.3 is 14.8 Å². The number of ether oxygens (including phenoxy) is 2. The van der Waals surface area contributed by atoms with Gasteiger partial charge in [0.15, 0.2) is 0 Å². The molecule has 0 spiro atoms. The predicted octanol–water partition coefficient (Wildman–Crippen LogP) is 4.37. The van der Waals surface area contributed by atoms with Gasteiger partial charge in [-0.15, -0.1) is 0 Å². The second-order valence-corrected chi connectivity index (χ2v) is 8.62. The number of nitrogens with one attached hydrogen (secondary N) is 2. The third-order valence-electron chi connectivity index (χ3n) is 4.68. The highest BCUT2D eigenvalue weighted by Crippen LogP contribution is 2.29. The van der Waals surface area contributed by atoms with Crippen LogP contribution in [0.4, 0.5) is 11.4 Å². The summed E-state index contributed by atoms with van der Waals surface area (Å²) in [6.45, 7) is 3.80. The van der Waals surface area contributed by atoms with Crippen molar-refractivity contribution < 1.29 is 22.7 Å². The molecule has 0 bridgehead atoms. The number of aryl methyl sites for hydroxylation is 2. The number of carbonyl (C=O) groups excluding carboxylic acids is 1. The van der Waals surface area contributed by atoms with Gasteiger partial charge in [0.05, 0.1) is 14.2 Å². The van der Waals surface area contributed by atoms with Crippen LogP contribution in [0, 0.1) is 13.8 Å². The molecule has 8 heteroatoms. The first kappa shape index (κ1) is 22.2. The van der Waals surface area contributed by atoms with Gasteiger partial charge in [0.1, 0.15) is 16.4 Å². The average molecular weight is 441 g/mol. The van der Waals surface area contributed by atoms with Crippen LogP contribution in [0.5, 0.6) is 11.5 Å². The third kappa shape index (κ3) is 5.16. The molecule has 0 heterocycles. The maximum absolute atomic E-state index is 13.0. The van der Waals surface area contributed by atoms with Crippen molar-refractivity contribution in [2.45, 2.75) is 18.7 Å². The number of benzene rings is 3. The number of rotatable bonds is 7. The lowest BCUT2D eigenvalue weighted by atomic mass is 10.1. The van der Waals surface area contributed by atoms with Crippen LogP contribution in [0.3, 0.4) is 0 Å². The van der Waals surface area contributed by atoms with E-state index in [4.69, 9.17) is 9.47 Å². The Hall–Kier alpha value is -3.52. The lowest BCUT2D eigenvalue weighted by molar-refractivity contribution is 0.102. The molecule has 1 amide bonds. The average Bonchev–Trinajstić information content (AvgIpc) is 2.74. The summed E-state index contributed by atoms with van der Waals surface area (Å²) in [6.07, 6.45) is 0. The fourth-order valence-electron chi connectivity index (χ4n) is 3.10. The minimum absolute atomic E-state index is 0.0933. The number of anilines is 2. The molecule has 0 atom stereocenters. The maximum atomic E-state index is 13.0. The molecule has 3 rings (SSSR count). The summed E-state index contributed by atoms with van der Waals surface area (Å²) in [4.78, 5) is 12.6. The first-order valence-electron chi connectivity index (χ1n) is 9.47. The third-order valence-corrected chi connectivity index (χ3v) is 6.08. The van der Waals surface area contributed by atoms with E-state index in [1.165, 1.54) is 26.4 Å². The van der Waals surface area contributed by atoms with Gasteiger partial charge in [-0.05, 0) is 67.9 Å². The Kier molecular flexibility index (Phi) is 6.50. The van der Waals surface area contributed by atoms with Crippen LogP contribution < -0.4 is 19.5 Å². The molecule has 3 aromatic carbocycles. The zero-order valence-corrected chi connectivity index (χ0v) is 18.5. The van der Waals surface area contributed by atoms with E-state index in [0.29, 0.717) is 22.7 Å². The van der Waals surface area contributed by atoms with Crippen LogP contribution in [-0.4, -0.2) is 28.5 Å². The second kappa shape index (κ2) is 9.09. The molecule has 0 aliphatic rings. The van der Waals surface area contributed by atoms with E-state index in [2.05, 4.69) is 10.0 Å². The van der Waals surface area contributed by atoms with Gasteiger partial charge in [-0.3, -0.25) is 9.52 Å². The van der Waals surface area contributed by atoms with E-state index in [-0.39, 0.29) is 16.6 Å². The lowest BCUT2D eigenvalue weighted by Crippen LogP contribution is -2.16. The van der Waals surface area contributed by atoms with Crippen molar-refractivity contribution in [3.63, 3.8) is 0 Å². The summed E-state index contributed by atoms with van der Waals surface area (Å²) in [5, 5.41) is 2.76. The second-order valence-electron chi connectivity index (χ2n) is 6.97. The highest BCUT2D eigenvalue weighted by atomic mass is 32.2. The van der Waals surface area contributed by atoms with Crippen molar-refractivity contribution in [1.82, 2.24) is 0 Å². The number of hydrogen-bond donors (Lipinski definition) is 2. The molecule has 2 N–H and O–H groups in total. The molecule has 31 heavy (non-hydrogen) atoms. The van der Waals surface area contributed by atoms with Crippen molar-refractivity contribution in [3.05, 3.63) is 77.4 Å². The summed E-state index contributed by atoms with van der Waals surface area (Å²) >= 11 is 0. The van der Waals surface area contributed by atoms with Crippen LogP contribution in [-0.2, 0) is 10.0 Å². The zero-order chi connectivity index (χ0) is 22.6. The number of sulfonamides is 1. The Morgan fingerprint density at radius 2 is 1.52 bits per heavy atom. The van der Waals surface area contributed by atoms with Crippen LogP contribution in [0.1, 0.15) is 21.5 Å². The normalized spacial score (nSPS) is 11.0. The molecule has 7 nitrogen and oxygen atoms in total. The van der Waals surface area contributed by atoms with Crippen molar-refractivity contribution in [2.75, 3.05) is 24.3 Å². The molecular weight excluding hydrogens is 416 g/mol. The van der Waals surface area contributed by atoms with Crippen LogP contribution >= 0.6 is 0 Å². The summed E-state index contributed by atoms with van der Waals surface area (Å²) in [7, 11) is -1.07. The van der Waals surface area contributed by atoms with Gasteiger partial charge in [0.2, 0.25) is 0 Å². The highest BCUT2D eigenvalue weighted by molar-refractivity contribution is 7.92. The first-order valence-corrected chi connectivity index (χ1v) is 11.0. The Bertz CT molecular complexity index is 1210. The van der Waals surface area contributed by atoms with E-state index in [1.807, 2.05) is 26.0 Å². The molecule has 162 valence electrons. The molecule has 0 radical (unpaired) electrons. The van der Waals surface area contributed by atoms with Crippen molar-refractivity contribution >= 4 is 27.3 Å². The molecule has 0 saturated heterocycles. The quantitative estimate of drug-likeness (QED) is 0.569. The number of methoxy groups -OCH3 is 2. The summed E-state index contributed by atoms with van der Waals surface area (Å²) in [6, 6.07) is 16.4. The minimum atomic E-state index is -3.98. The van der Waals surface area contributed by atoms with E-state index < -0.39 is 10.0 Å². The summed E-state index contributed by atoms with van der Waals surface area (Å²) < 4.78 is 38.8. The largest absolute Gasteiger partial charge is 0.497 e. The van der Waals surface area contributed by atoms with Gasteiger partial charge in [-0.1, -0.05) is 17.7 Å². The standard InChI is InChI=1S/C23H24N2O5S/c1-15-5-11-20(16(2)13-15)23(26)24-18-8-12-21(30-4)22(14-18)31(27,28)25-17-6-9-19(29-3)10-7-17/h5-14,25H,1-4H3,(H,24,26). The van der Waals surface area contributed by atoms with Crippen molar-refractivity contribution in [1.29, 1.82) is 0 Å². The number of amides is 1. The summed E-state index contributed by atoms with van der Waals surface area (Å²) in [5.74, 6) is 0.441. The van der Waals surface area contributed by atoms with Crippen molar-refractivity contribution in [3.8, 4) is 11.5 Å². The first-order chi connectivity index (χ1) is 14.7. The maximum Gasteiger partial charge on any atom is 0.265 e. The fraction of sp³-hybridized carbons (Fsp3) is 0.174. The SMILES string of the molecule is COc1ccc(NS(=O)(=O)c2cc(NC(=O)c3ccc(C)cc3C)ccc2OC)cc1. The summed E-state index contributed by atoms with van der Waals surface area (Å²) in [5.41, 5.74) is 3.10. The lowest BCUT2D eigenvalue weighted by Gasteiger charge is -2.14. The Morgan fingerprint density at radius 3 is 2.13 bits per heavy atom. The molecule has 0 aliphatic carbocycles. The smallest absolute Gasteiger partial charge is 0.265 e.